The number of amides is 2. The van der Waals surface area contributed by atoms with Crippen molar-refractivity contribution in [3.05, 3.63) is 23.5 Å². The molecule has 1 N–H and O–H groups in total. The molecule has 1 unspecified atom stereocenters. The summed E-state index contributed by atoms with van der Waals surface area (Å²) in [5, 5.41) is 8.02. The molecule has 0 radical (unpaired) electrons. The van der Waals surface area contributed by atoms with Gasteiger partial charge in [0, 0.05) is 37.1 Å². The predicted molar refractivity (Wildman–Crippen MR) is 106 cm³/mol. The molecule has 3 rings (SSSR count). The zero-order valence-corrected chi connectivity index (χ0v) is 17.3. The highest BCUT2D eigenvalue weighted by Gasteiger charge is 2.26. The molecule has 1 atom stereocenters. The van der Waals surface area contributed by atoms with Crippen LogP contribution in [-0.4, -0.2) is 56.9 Å². The van der Waals surface area contributed by atoms with Crippen molar-refractivity contribution in [2.45, 2.75) is 52.1 Å². The molecule has 1 aliphatic rings. The number of alkyl carbamates (subject to hydrolysis) is 1. The van der Waals surface area contributed by atoms with Gasteiger partial charge in [-0.1, -0.05) is 0 Å². The smallest absolute Gasteiger partial charge is 0.408 e. The van der Waals surface area contributed by atoms with E-state index in [1.165, 1.54) is 0 Å². The van der Waals surface area contributed by atoms with E-state index < -0.39 is 11.7 Å². The number of hydrogen-bond acceptors (Lipinski definition) is 5. The Balaban J connectivity index is 1.63. The van der Waals surface area contributed by atoms with Crippen LogP contribution in [0.2, 0.25) is 0 Å². The first-order valence-electron chi connectivity index (χ1n) is 9.69. The maximum atomic E-state index is 12.5. The third-order valence-corrected chi connectivity index (χ3v) is 4.87. The quantitative estimate of drug-likeness (QED) is 0.874. The molecule has 0 saturated carbocycles. The number of aromatic nitrogens is 3. The van der Waals surface area contributed by atoms with Crippen LogP contribution >= 0.6 is 0 Å². The van der Waals surface area contributed by atoms with Crippen LogP contribution in [-0.2, 0) is 16.6 Å². The van der Waals surface area contributed by atoms with E-state index in [-0.39, 0.29) is 18.4 Å². The fourth-order valence-electron chi connectivity index (χ4n) is 3.56. The number of aryl methyl sites for hydroxylation is 2. The summed E-state index contributed by atoms with van der Waals surface area (Å²) in [5.41, 5.74) is 2.22. The van der Waals surface area contributed by atoms with Gasteiger partial charge >= 0.3 is 6.09 Å². The van der Waals surface area contributed by atoms with Gasteiger partial charge in [0.2, 0.25) is 5.91 Å². The normalized spacial score (nSPS) is 17.6. The summed E-state index contributed by atoms with van der Waals surface area (Å²) in [7, 11) is 1.89. The summed E-state index contributed by atoms with van der Waals surface area (Å²) in [5.74, 6) is 0.0758. The fourth-order valence-corrected chi connectivity index (χ4v) is 3.56. The molecule has 1 saturated heterocycles. The van der Waals surface area contributed by atoms with Crippen molar-refractivity contribution in [3.63, 3.8) is 0 Å². The zero-order valence-electron chi connectivity index (χ0n) is 17.3. The Morgan fingerprint density at radius 2 is 2.07 bits per heavy atom. The third kappa shape index (κ3) is 4.61. The van der Waals surface area contributed by atoms with Gasteiger partial charge in [0.15, 0.2) is 5.65 Å². The SMILES string of the molecule is Cc1nn(C)c2nc(C3CCCN(C(=O)CNC(=O)OC(C)(C)C)C3)ccc12. The zero-order chi connectivity index (χ0) is 20.5. The van der Waals surface area contributed by atoms with E-state index in [1.807, 2.05) is 20.0 Å². The second-order valence-electron chi connectivity index (χ2n) is 8.35. The molecule has 0 aromatic carbocycles. The lowest BCUT2D eigenvalue weighted by Crippen LogP contribution is -2.45. The number of rotatable bonds is 3. The van der Waals surface area contributed by atoms with E-state index in [1.54, 1.807) is 30.4 Å². The summed E-state index contributed by atoms with van der Waals surface area (Å²) >= 11 is 0. The van der Waals surface area contributed by atoms with Gasteiger partial charge in [-0.2, -0.15) is 5.10 Å². The minimum absolute atomic E-state index is 0.0605. The van der Waals surface area contributed by atoms with Crippen LogP contribution in [0, 0.1) is 6.92 Å². The number of pyridine rings is 1. The van der Waals surface area contributed by atoms with Crippen LogP contribution in [0.15, 0.2) is 12.1 Å². The first-order valence-corrected chi connectivity index (χ1v) is 9.69. The maximum Gasteiger partial charge on any atom is 0.408 e. The molecule has 0 bridgehead atoms. The Bertz CT molecular complexity index is 884. The number of carbonyl (C=O) groups excluding carboxylic acids is 2. The predicted octanol–water partition coefficient (Wildman–Crippen LogP) is 2.51. The Labute approximate surface area is 165 Å². The highest BCUT2D eigenvalue weighted by molar-refractivity contribution is 5.82. The monoisotopic (exact) mass is 387 g/mol. The van der Waals surface area contributed by atoms with Crippen molar-refractivity contribution in [1.82, 2.24) is 25.0 Å². The van der Waals surface area contributed by atoms with Crippen LogP contribution in [0.3, 0.4) is 0 Å². The summed E-state index contributed by atoms with van der Waals surface area (Å²) in [6.45, 7) is 8.57. The highest BCUT2D eigenvalue weighted by Crippen LogP contribution is 2.27. The topological polar surface area (TPSA) is 89.4 Å². The largest absolute Gasteiger partial charge is 0.444 e. The van der Waals surface area contributed by atoms with Gasteiger partial charge in [-0.15, -0.1) is 0 Å². The van der Waals surface area contributed by atoms with E-state index in [2.05, 4.69) is 16.5 Å². The molecule has 152 valence electrons. The van der Waals surface area contributed by atoms with Gasteiger partial charge in [-0.3, -0.25) is 9.48 Å². The molecule has 3 heterocycles. The third-order valence-electron chi connectivity index (χ3n) is 4.87. The van der Waals surface area contributed by atoms with Gasteiger partial charge in [0.25, 0.3) is 0 Å². The van der Waals surface area contributed by atoms with Gasteiger partial charge in [0.1, 0.15) is 12.1 Å². The van der Waals surface area contributed by atoms with Gasteiger partial charge in [0.05, 0.1) is 5.69 Å². The van der Waals surface area contributed by atoms with Gasteiger partial charge in [-0.25, -0.2) is 9.78 Å². The Kier molecular flexibility index (Phi) is 5.58. The van der Waals surface area contributed by atoms with E-state index in [9.17, 15) is 9.59 Å². The van der Waals surface area contributed by atoms with E-state index in [0.717, 1.165) is 35.3 Å². The first-order chi connectivity index (χ1) is 13.1. The molecule has 0 spiro atoms. The average Bonchev–Trinajstić information content (AvgIpc) is 2.92. The molecular weight excluding hydrogens is 358 g/mol. The number of nitrogens with zero attached hydrogens (tertiary/aromatic N) is 4. The molecule has 2 aromatic rings. The molecule has 2 aromatic heterocycles. The van der Waals surface area contributed by atoms with E-state index in [0.29, 0.717) is 13.1 Å². The summed E-state index contributed by atoms with van der Waals surface area (Å²) < 4.78 is 6.98. The number of carbonyl (C=O) groups is 2. The molecule has 0 aliphatic carbocycles. The van der Waals surface area contributed by atoms with Crippen molar-refractivity contribution < 1.29 is 14.3 Å². The van der Waals surface area contributed by atoms with E-state index in [4.69, 9.17) is 9.72 Å². The fraction of sp³-hybridized carbons (Fsp3) is 0.600. The Morgan fingerprint density at radius 1 is 1.32 bits per heavy atom. The van der Waals surface area contributed by atoms with Gasteiger partial charge < -0.3 is 15.0 Å². The number of nitrogens with one attached hydrogen (secondary N) is 1. The number of fused-ring (bicyclic) bond motifs is 1. The molecular formula is C20H29N5O3. The van der Waals surface area contributed by atoms with Crippen LogP contribution in [0.1, 0.15) is 50.9 Å². The second-order valence-corrected chi connectivity index (χ2v) is 8.35. The van der Waals surface area contributed by atoms with E-state index >= 15 is 0 Å². The van der Waals surface area contributed by atoms with Crippen LogP contribution in [0.4, 0.5) is 4.79 Å². The van der Waals surface area contributed by atoms with Crippen LogP contribution in [0.5, 0.6) is 0 Å². The number of hydrogen-bond donors (Lipinski definition) is 1. The summed E-state index contributed by atoms with van der Waals surface area (Å²) in [6, 6.07) is 4.10. The van der Waals surface area contributed by atoms with Crippen LogP contribution in [0.25, 0.3) is 11.0 Å². The lowest BCUT2D eigenvalue weighted by Gasteiger charge is -2.32. The van der Waals surface area contributed by atoms with Crippen LogP contribution < -0.4 is 5.32 Å². The molecule has 8 nitrogen and oxygen atoms in total. The minimum atomic E-state index is -0.585. The lowest BCUT2D eigenvalue weighted by molar-refractivity contribution is -0.131. The maximum absolute atomic E-state index is 12.5. The number of piperidine rings is 1. The molecule has 8 heteroatoms. The van der Waals surface area contributed by atoms with Crippen molar-refractivity contribution >= 4 is 23.0 Å². The standard InChI is InChI=1S/C20H29N5O3/c1-13-15-8-9-16(22-18(15)24(5)23-13)14-7-6-10-25(12-14)17(26)11-21-19(27)28-20(2,3)4/h8-9,14H,6-7,10-12H2,1-5H3,(H,21,27). The molecule has 2 amide bonds. The Hall–Kier alpha value is -2.64. The first kappa shape index (κ1) is 20.1. The molecule has 1 aliphatic heterocycles. The highest BCUT2D eigenvalue weighted by atomic mass is 16.6. The number of ether oxygens (including phenoxy) is 1. The van der Waals surface area contributed by atoms with Crippen molar-refractivity contribution in [1.29, 1.82) is 0 Å². The summed E-state index contributed by atoms with van der Waals surface area (Å²) in [6.07, 6.45) is 1.32. The van der Waals surface area contributed by atoms with Crippen molar-refractivity contribution in [2.75, 3.05) is 19.6 Å². The Morgan fingerprint density at radius 3 is 2.79 bits per heavy atom. The number of likely N-dealkylation sites (tertiary alicyclic amines) is 1. The second kappa shape index (κ2) is 7.77. The van der Waals surface area contributed by atoms with Crippen molar-refractivity contribution in [2.24, 2.45) is 7.05 Å². The molecule has 28 heavy (non-hydrogen) atoms. The lowest BCUT2D eigenvalue weighted by atomic mass is 9.94. The average molecular weight is 387 g/mol. The molecule has 1 fully saturated rings. The summed E-state index contributed by atoms with van der Waals surface area (Å²) in [4.78, 5) is 30.9. The van der Waals surface area contributed by atoms with Crippen molar-refractivity contribution in [3.8, 4) is 0 Å². The van der Waals surface area contributed by atoms with Gasteiger partial charge in [-0.05, 0) is 52.7 Å². The minimum Gasteiger partial charge on any atom is -0.444 e.